The molecule has 13 heteroatoms. The van der Waals surface area contributed by atoms with Crippen molar-refractivity contribution in [3.05, 3.63) is 104 Å². The van der Waals surface area contributed by atoms with Crippen molar-refractivity contribution in [2.75, 3.05) is 7.05 Å². The third-order valence-electron chi connectivity index (χ3n) is 7.97. The summed E-state index contributed by atoms with van der Waals surface area (Å²) >= 11 is 2.94. The van der Waals surface area contributed by atoms with Crippen molar-refractivity contribution in [3.8, 4) is 0 Å². The minimum Gasteiger partial charge on any atom is -0.444 e. The molecular weight excluding hydrogens is 661 g/mol. The summed E-state index contributed by atoms with van der Waals surface area (Å²) in [5, 5.41) is 23.4. The van der Waals surface area contributed by atoms with Crippen LogP contribution in [0.3, 0.4) is 0 Å². The van der Waals surface area contributed by atoms with E-state index in [1.807, 2.05) is 86.8 Å². The van der Waals surface area contributed by atoms with E-state index in [0.29, 0.717) is 19.4 Å². The second-order valence-corrected chi connectivity index (χ2v) is 14.2. The lowest BCUT2D eigenvalue weighted by Crippen LogP contribution is -2.55. The molecule has 0 radical (unpaired) electrons. The third-order valence-corrected chi connectivity index (χ3v) is 9.76. The maximum atomic E-state index is 13.8. The lowest BCUT2D eigenvalue weighted by Gasteiger charge is -2.30. The molecule has 262 valence electrons. The minimum absolute atomic E-state index is 0.0679. The fourth-order valence-corrected chi connectivity index (χ4v) is 6.55. The summed E-state index contributed by atoms with van der Waals surface area (Å²) in [6, 6.07) is 16.8. The molecule has 0 bridgehead atoms. The third kappa shape index (κ3) is 12.3. The number of alkyl carbamates (subject to hydrolysis) is 1. The largest absolute Gasteiger partial charge is 0.444 e. The van der Waals surface area contributed by atoms with Crippen LogP contribution in [0.2, 0.25) is 0 Å². The number of ether oxygens (including phenoxy) is 1. The summed E-state index contributed by atoms with van der Waals surface area (Å²) in [5.74, 6) is -0.574. The molecule has 4 amide bonds. The molecule has 4 aromatic rings. The zero-order valence-electron chi connectivity index (χ0n) is 28.4. The molecule has 4 rings (SSSR count). The highest BCUT2D eigenvalue weighted by molar-refractivity contribution is 7.09. The van der Waals surface area contributed by atoms with Crippen LogP contribution < -0.4 is 16.0 Å². The predicted molar refractivity (Wildman–Crippen MR) is 192 cm³/mol. The summed E-state index contributed by atoms with van der Waals surface area (Å²) in [6.45, 7) is 6.17. The summed E-state index contributed by atoms with van der Waals surface area (Å²) in [7, 11) is 1.67. The average molecular weight is 707 g/mol. The van der Waals surface area contributed by atoms with Crippen LogP contribution >= 0.6 is 22.7 Å². The SMILES string of the molecule is CCc1nc(CN(C)C(=O)NC(C(=O)N[C@@H](Cc2ccccc2)C[C@H](O)[C@H](Cc2ccccc2)NC(=O)OCc2cncs2)C(C)C)cs1. The fourth-order valence-electron chi connectivity index (χ4n) is 5.31. The van der Waals surface area contributed by atoms with Gasteiger partial charge in [-0.1, -0.05) is 81.4 Å². The van der Waals surface area contributed by atoms with Crippen molar-refractivity contribution in [2.45, 2.75) is 83.8 Å². The van der Waals surface area contributed by atoms with E-state index in [2.05, 4.69) is 25.9 Å². The van der Waals surface area contributed by atoms with Gasteiger partial charge in [-0.25, -0.2) is 14.6 Å². The summed E-state index contributed by atoms with van der Waals surface area (Å²) < 4.78 is 5.42. The van der Waals surface area contributed by atoms with Crippen LogP contribution in [0.25, 0.3) is 0 Å². The summed E-state index contributed by atoms with van der Waals surface area (Å²) in [4.78, 5) is 50.8. The molecule has 0 saturated carbocycles. The Morgan fingerprint density at radius 2 is 1.61 bits per heavy atom. The molecule has 4 N–H and O–H groups in total. The van der Waals surface area contributed by atoms with E-state index in [1.54, 1.807) is 30.1 Å². The maximum Gasteiger partial charge on any atom is 0.407 e. The normalized spacial score (nSPS) is 13.6. The Balaban J connectivity index is 1.47. The van der Waals surface area contributed by atoms with Crippen LogP contribution in [-0.2, 0) is 41.9 Å². The zero-order chi connectivity index (χ0) is 35.2. The monoisotopic (exact) mass is 706 g/mol. The van der Waals surface area contributed by atoms with Crippen molar-refractivity contribution >= 4 is 40.7 Å². The van der Waals surface area contributed by atoms with E-state index in [1.165, 1.54) is 16.2 Å². The van der Waals surface area contributed by atoms with Gasteiger partial charge in [-0.15, -0.1) is 22.7 Å². The number of hydrogen-bond donors (Lipinski definition) is 4. The highest BCUT2D eigenvalue weighted by Crippen LogP contribution is 2.17. The van der Waals surface area contributed by atoms with E-state index >= 15 is 0 Å². The molecule has 0 aliphatic rings. The van der Waals surface area contributed by atoms with E-state index in [4.69, 9.17) is 4.74 Å². The Labute approximate surface area is 296 Å². The molecule has 0 aliphatic heterocycles. The van der Waals surface area contributed by atoms with Gasteiger partial charge in [-0.2, -0.15) is 0 Å². The van der Waals surface area contributed by atoms with Crippen LogP contribution in [0.4, 0.5) is 9.59 Å². The number of aryl methyl sites for hydroxylation is 1. The lowest BCUT2D eigenvalue weighted by molar-refractivity contribution is -0.124. The van der Waals surface area contributed by atoms with Gasteiger partial charge in [-0.05, 0) is 42.7 Å². The number of thiazole rings is 2. The number of carbonyl (C=O) groups excluding carboxylic acids is 3. The minimum atomic E-state index is -1.05. The zero-order valence-corrected chi connectivity index (χ0v) is 30.0. The molecule has 2 aromatic carbocycles. The average Bonchev–Trinajstić information content (AvgIpc) is 3.79. The topological polar surface area (TPSA) is 146 Å². The summed E-state index contributed by atoms with van der Waals surface area (Å²) in [6.07, 6.45) is 1.67. The molecule has 1 unspecified atom stereocenters. The molecule has 0 fully saturated rings. The Bertz CT molecular complexity index is 1590. The number of benzene rings is 2. The van der Waals surface area contributed by atoms with Gasteiger partial charge < -0.3 is 30.7 Å². The number of urea groups is 1. The van der Waals surface area contributed by atoms with E-state index in [-0.39, 0.29) is 30.9 Å². The first kappa shape index (κ1) is 37.5. The molecule has 0 spiro atoms. The number of amides is 4. The number of aromatic nitrogens is 2. The predicted octanol–water partition coefficient (Wildman–Crippen LogP) is 5.34. The number of rotatable bonds is 17. The lowest BCUT2D eigenvalue weighted by atomic mass is 9.93. The molecule has 49 heavy (non-hydrogen) atoms. The van der Waals surface area contributed by atoms with Gasteiger partial charge in [-0.3, -0.25) is 9.78 Å². The second-order valence-electron chi connectivity index (χ2n) is 12.3. The number of nitrogens with zero attached hydrogens (tertiary/aromatic N) is 3. The van der Waals surface area contributed by atoms with Gasteiger partial charge in [0.25, 0.3) is 0 Å². The standard InChI is InChI=1S/C36H46N6O5S2/c1-5-32-38-28(22-48-32)20-42(4)35(45)41-33(24(2)3)34(44)39-27(16-25-12-8-6-9-13-25)18-31(43)30(17-26-14-10-7-11-15-26)40-36(46)47-21-29-19-37-23-49-29/h6-15,19,22-24,27,30-31,33,43H,5,16-18,20-21H2,1-4H3,(H,39,44)(H,40,46)(H,41,45)/t27-,30-,31-,33?/m0/s1. The van der Waals surface area contributed by atoms with Gasteiger partial charge in [0, 0.05) is 24.7 Å². The van der Waals surface area contributed by atoms with Crippen molar-refractivity contribution in [2.24, 2.45) is 5.92 Å². The van der Waals surface area contributed by atoms with Crippen molar-refractivity contribution in [1.29, 1.82) is 0 Å². The van der Waals surface area contributed by atoms with Gasteiger partial charge in [0.2, 0.25) is 5.91 Å². The Morgan fingerprint density at radius 3 is 2.20 bits per heavy atom. The number of aliphatic hydroxyl groups is 1. The van der Waals surface area contributed by atoms with Crippen LogP contribution in [-0.4, -0.2) is 69.3 Å². The smallest absolute Gasteiger partial charge is 0.407 e. The summed E-state index contributed by atoms with van der Waals surface area (Å²) in [5.41, 5.74) is 4.36. The molecular formula is C36H46N6O5S2. The molecule has 0 saturated heterocycles. The van der Waals surface area contributed by atoms with Gasteiger partial charge in [0.05, 0.1) is 39.8 Å². The Morgan fingerprint density at radius 1 is 0.939 bits per heavy atom. The maximum absolute atomic E-state index is 13.8. The second kappa shape index (κ2) is 19.0. The fraction of sp³-hybridized carbons (Fsp3) is 0.417. The van der Waals surface area contributed by atoms with Gasteiger partial charge >= 0.3 is 12.1 Å². The number of hydrogen-bond acceptors (Lipinski definition) is 9. The van der Waals surface area contributed by atoms with Crippen molar-refractivity contribution < 1.29 is 24.2 Å². The molecule has 11 nitrogen and oxygen atoms in total. The van der Waals surface area contributed by atoms with Crippen LogP contribution in [0.1, 0.15) is 53.9 Å². The molecule has 2 aromatic heterocycles. The van der Waals surface area contributed by atoms with E-state index < -0.39 is 30.3 Å². The van der Waals surface area contributed by atoms with Gasteiger partial charge in [0.15, 0.2) is 0 Å². The quantitative estimate of drug-likeness (QED) is 0.116. The first-order valence-corrected chi connectivity index (χ1v) is 18.2. The highest BCUT2D eigenvalue weighted by atomic mass is 32.1. The van der Waals surface area contributed by atoms with Crippen LogP contribution in [0.5, 0.6) is 0 Å². The van der Waals surface area contributed by atoms with E-state index in [9.17, 15) is 19.5 Å². The molecule has 2 heterocycles. The molecule has 4 atom stereocenters. The van der Waals surface area contributed by atoms with Crippen molar-refractivity contribution in [3.63, 3.8) is 0 Å². The van der Waals surface area contributed by atoms with Crippen molar-refractivity contribution in [1.82, 2.24) is 30.8 Å². The van der Waals surface area contributed by atoms with E-state index in [0.717, 1.165) is 33.1 Å². The Kier molecular flexibility index (Phi) is 14.5. The Hall–Kier alpha value is -4.33. The first-order valence-electron chi connectivity index (χ1n) is 16.4. The van der Waals surface area contributed by atoms with Crippen LogP contribution in [0.15, 0.2) is 77.8 Å². The molecule has 0 aliphatic carbocycles. The van der Waals surface area contributed by atoms with Crippen LogP contribution in [0, 0.1) is 5.92 Å². The highest BCUT2D eigenvalue weighted by Gasteiger charge is 2.31. The number of carbonyl (C=O) groups is 3. The first-order chi connectivity index (χ1) is 23.6. The number of nitrogens with one attached hydrogen (secondary N) is 3. The number of aliphatic hydroxyl groups excluding tert-OH is 1. The van der Waals surface area contributed by atoms with Gasteiger partial charge in [0.1, 0.15) is 12.6 Å².